The van der Waals surface area contributed by atoms with E-state index in [0.29, 0.717) is 0 Å². The van der Waals surface area contributed by atoms with Crippen LogP contribution in [0.3, 0.4) is 0 Å². The average molecular weight is 406 g/mol. The fourth-order valence-electron chi connectivity index (χ4n) is 3.98. The number of methoxy groups -OCH3 is 1. The van der Waals surface area contributed by atoms with Crippen LogP contribution >= 0.6 is 0 Å². The van der Waals surface area contributed by atoms with Crippen molar-refractivity contribution in [1.29, 1.82) is 0 Å². The molecular formula is C23H27N5O2. The van der Waals surface area contributed by atoms with Crippen molar-refractivity contribution < 1.29 is 9.53 Å². The molecule has 1 saturated heterocycles. The Hall–Kier alpha value is -3.35. The molecule has 1 amide bonds. The summed E-state index contributed by atoms with van der Waals surface area (Å²) < 4.78 is 5.51. The van der Waals surface area contributed by atoms with Crippen molar-refractivity contribution in [2.75, 3.05) is 44.5 Å². The molecule has 0 unspecified atom stereocenters. The Labute approximate surface area is 176 Å². The van der Waals surface area contributed by atoms with E-state index in [1.807, 2.05) is 42.1 Å². The van der Waals surface area contributed by atoms with Crippen LogP contribution in [0.5, 0.6) is 5.75 Å². The summed E-state index contributed by atoms with van der Waals surface area (Å²) in [6.07, 6.45) is 4.36. The average Bonchev–Trinajstić information content (AvgIpc) is 3.21. The van der Waals surface area contributed by atoms with Gasteiger partial charge in [-0.2, -0.15) is 0 Å². The van der Waals surface area contributed by atoms with Crippen molar-refractivity contribution in [2.45, 2.75) is 19.4 Å². The van der Waals surface area contributed by atoms with Gasteiger partial charge in [-0.15, -0.1) is 0 Å². The number of benzene rings is 2. The highest BCUT2D eigenvalue weighted by molar-refractivity contribution is 5.95. The number of ether oxygens (including phenoxy) is 1. The van der Waals surface area contributed by atoms with E-state index in [4.69, 9.17) is 4.74 Å². The Bertz CT molecular complexity index is 1080. The van der Waals surface area contributed by atoms with E-state index >= 15 is 0 Å². The minimum Gasteiger partial charge on any atom is -0.495 e. The molecule has 156 valence electrons. The third kappa shape index (κ3) is 3.87. The first-order valence-electron chi connectivity index (χ1n) is 10.1. The number of carbonyl (C=O) groups is 1. The highest BCUT2D eigenvalue weighted by atomic mass is 16.5. The van der Waals surface area contributed by atoms with Gasteiger partial charge in [0, 0.05) is 63.8 Å². The number of rotatable bonds is 5. The minimum atomic E-state index is 0.124. The quantitative estimate of drug-likeness (QED) is 0.702. The van der Waals surface area contributed by atoms with Crippen molar-refractivity contribution in [3.8, 4) is 16.9 Å². The number of nitrogens with one attached hydrogen (secondary N) is 1. The molecule has 2 aromatic carbocycles. The molecule has 30 heavy (non-hydrogen) atoms. The Balaban J connectivity index is 1.75. The van der Waals surface area contributed by atoms with Crippen molar-refractivity contribution in [3.63, 3.8) is 0 Å². The van der Waals surface area contributed by atoms with Crippen molar-refractivity contribution in [2.24, 2.45) is 0 Å². The molecule has 1 fully saturated rings. The molecule has 3 aromatic rings. The molecule has 1 atom stereocenters. The molecule has 4 rings (SSSR count). The van der Waals surface area contributed by atoms with E-state index in [9.17, 15) is 4.79 Å². The highest BCUT2D eigenvalue weighted by Gasteiger charge is 2.24. The van der Waals surface area contributed by atoms with Gasteiger partial charge in [0.05, 0.1) is 23.8 Å². The Morgan fingerprint density at radius 3 is 2.70 bits per heavy atom. The zero-order chi connectivity index (χ0) is 21.3. The Morgan fingerprint density at radius 1 is 1.20 bits per heavy atom. The fraction of sp³-hybridized carbons (Fsp3) is 0.348. The molecule has 0 aliphatic carbocycles. The number of fused-ring (bicyclic) bond motifs is 1. The van der Waals surface area contributed by atoms with E-state index in [1.165, 1.54) is 0 Å². The molecule has 0 saturated carbocycles. The molecule has 1 aliphatic heterocycles. The van der Waals surface area contributed by atoms with Gasteiger partial charge in [-0.25, -0.2) is 0 Å². The van der Waals surface area contributed by atoms with Crippen LogP contribution in [0.4, 0.5) is 11.4 Å². The van der Waals surface area contributed by atoms with Gasteiger partial charge in [0.15, 0.2) is 0 Å². The van der Waals surface area contributed by atoms with Crippen molar-refractivity contribution >= 4 is 28.3 Å². The first kappa shape index (κ1) is 19.9. The second kappa shape index (κ2) is 8.18. The van der Waals surface area contributed by atoms with Gasteiger partial charge >= 0.3 is 0 Å². The first-order chi connectivity index (χ1) is 14.5. The zero-order valence-electron chi connectivity index (χ0n) is 17.8. The molecule has 0 spiro atoms. The fourth-order valence-corrected chi connectivity index (χ4v) is 3.98. The van der Waals surface area contributed by atoms with Crippen LogP contribution in [0.1, 0.15) is 13.3 Å². The van der Waals surface area contributed by atoms with Gasteiger partial charge in [-0.3, -0.25) is 14.8 Å². The van der Waals surface area contributed by atoms with E-state index in [0.717, 1.165) is 58.8 Å². The third-order valence-electron chi connectivity index (χ3n) is 5.55. The number of anilines is 2. The number of nitrogens with zero attached hydrogens (tertiary/aromatic N) is 4. The summed E-state index contributed by atoms with van der Waals surface area (Å²) >= 11 is 0. The molecule has 2 heterocycles. The van der Waals surface area contributed by atoms with Gasteiger partial charge in [0.2, 0.25) is 5.91 Å². The second-order valence-corrected chi connectivity index (χ2v) is 7.82. The topological polar surface area (TPSA) is 70.6 Å². The summed E-state index contributed by atoms with van der Waals surface area (Å²) in [6, 6.07) is 10.5. The van der Waals surface area contributed by atoms with Crippen LogP contribution in [-0.2, 0) is 4.79 Å². The van der Waals surface area contributed by atoms with Gasteiger partial charge < -0.3 is 19.9 Å². The van der Waals surface area contributed by atoms with E-state index in [2.05, 4.69) is 27.4 Å². The zero-order valence-corrected chi connectivity index (χ0v) is 17.8. The SMILES string of the molecule is COc1ccc(-c2cc(N[C@H]3CCN(C(C)=O)C3)cc3nccnc23)cc1N(C)C. The lowest BCUT2D eigenvalue weighted by atomic mass is 10.0. The van der Waals surface area contributed by atoms with E-state index < -0.39 is 0 Å². The molecule has 7 heteroatoms. The van der Waals surface area contributed by atoms with E-state index in [-0.39, 0.29) is 11.9 Å². The lowest BCUT2D eigenvalue weighted by molar-refractivity contribution is -0.127. The molecular weight excluding hydrogens is 378 g/mol. The summed E-state index contributed by atoms with van der Waals surface area (Å²) in [5.74, 6) is 0.947. The maximum absolute atomic E-state index is 11.7. The number of hydrogen-bond acceptors (Lipinski definition) is 6. The number of amides is 1. The van der Waals surface area contributed by atoms with Crippen LogP contribution in [0.25, 0.3) is 22.2 Å². The third-order valence-corrected chi connectivity index (χ3v) is 5.55. The summed E-state index contributed by atoms with van der Waals surface area (Å²) in [5, 5.41) is 3.59. The Kier molecular flexibility index (Phi) is 5.44. The number of hydrogen-bond donors (Lipinski definition) is 1. The lowest BCUT2D eigenvalue weighted by Crippen LogP contribution is -2.29. The highest BCUT2D eigenvalue weighted by Crippen LogP contribution is 2.36. The second-order valence-electron chi connectivity index (χ2n) is 7.82. The normalized spacial score (nSPS) is 16.0. The molecule has 1 aliphatic rings. The van der Waals surface area contributed by atoms with E-state index in [1.54, 1.807) is 26.4 Å². The maximum atomic E-state index is 11.7. The molecule has 7 nitrogen and oxygen atoms in total. The first-order valence-corrected chi connectivity index (χ1v) is 10.1. The van der Waals surface area contributed by atoms with Crippen LogP contribution in [-0.4, -0.2) is 61.1 Å². The maximum Gasteiger partial charge on any atom is 0.219 e. The van der Waals surface area contributed by atoms with Crippen LogP contribution < -0.4 is 15.0 Å². The number of aromatic nitrogens is 2. The van der Waals surface area contributed by atoms with Gasteiger partial charge in [-0.05, 0) is 36.2 Å². The summed E-state index contributed by atoms with van der Waals surface area (Å²) in [5.41, 5.74) is 5.73. The predicted molar refractivity (Wildman–Crippen MR) is 120 cm³/mol. The summed E-state index contributed by atoms with van der Waals surface area (Å²) in [4.78, 5) is 24.7. The van der Waals surface area contributed by atoms with Gasteiger partial charge in [0.1, 0.15) is 5.75 Å². The molecule has 0 bridgehead atoms. The van der Waals surface area contributed by atoms with Crippen molar-refractivity contribution in [3.05, 3.63) is 42.7 Å². The smallest absolute Gasteiger partial charge is 0.219 e. The van der Waals surface area contributed by atoms with Crippen LogP contribution in [0.15, 0.2) is 42.7 Å². The van der Waals surface area contributed by atoms with Crippen molar-refractivity contribution in [1.82, 2.24) is 14.9 Å². The molecule has 0 radical (unpaired) electrons. The monoisotopic (exact) mass is 405 g/mol. The predicted octanol–water partition coefficient (Wildman–Crippen LogP) is 3.40. The lowest BCUT2D eigenvalue weighted by Gasteiger charge is -2.19. The Morgan fingerprint density at radius 2 is 2.00 bits per heavy atom. The van der Waals surface area contributed by atoms with Crippen LogP contribution in [0, 0.1) is 0 Å². The molecule has 1 aromatic heterocycles. The van der Waals surface area contributed by atoms with Crippen LogP contribution in [0.2, 0.25) is 0 Å². The largest absolute Gasteiger partial charge is 0.495 e. The van der Waals surface area contributed by atoms with Gasteiger partial charge in [0.25, 0.3) is 0 Å². The number of likely N-dealkylation sites (tertiary alicyclic amines) is 1. The number of carbonyl (C=O) groups excluding carboxylic acids is 1. The summed E-state index contributed by atoms with van der Waals surface area (Å²) in [7, 11) is 5.68. The molecule has 1 N–H and O–H groups in total. The van der Waals surface area contributed by atoms with Gasteiger partial charge in [-0.1, -0.05) is 6.07 Å². The summed E-state index contributed by atoms with van der Waals surface area (Å²) in [6.45, 7) is 3.13. The minimum absolute atomic E-state index is 0.124. The standard InChI is InChI=1S/C23H27N5O2/c1-15(29)28-10-7-17(14-28)26-18-12-19(23-20(13-18)24-8-9-25-23)16-5-6-22(30-4)21(11-16)27(2)3/h5-6,8-9,11-13,17,26H,7,10,14H2,1-4H3/t17-/m0/s1.